The molecule has 2 aromatic carbocycles. The van der Waals surface area contributed by atoms with Gasteiger partial charge in [0, 0.05) is 5.75 Å². The summed E-state index contributed by atoms with van der Waals surface area (Å²) in [6.07, 6.45) is 0. The summed E-state index contributed by atoms with van der Waals surface area (Å²) in [5.41, 5.74) is 10.7. The molecule has 0 fully saturated rings. The number of aryl methyl sites for hydroxylation is 2. The lowest BCUT2D eigenvalue weighted by atomic mass is 10.1. The highest BCUT2D eigenvalue weighted by atomic mass is 32.2. The van der Waals surface area contributed by atoms with Crippen LogP contribution in [0.4, 0.5) is 5.69 Å². The van der Waals surface area contributed by atoms with Gasteiger partial charge >= 0.3 is 5.97 Å². The quantitative estimate of drug-likeness (QED) is 0.524. The molecule has 0 saturated carbocycles. The van der Waals surface area contributed by atoms with Gasteiger partial charge in [0.05, 0.1) is 18.4 Å². The summed E-state index contributed by atoms with van der Waals surface area (Å²) in [5, 5.41) is 0.499. The minimum absolute atomic E-state index is 0.339. The Morgan fingerprint density at radius 2 is 1.87 bits per heavy atom. The molecule has 0 atom stereocenters. The van der Waals surface area contributed by atoms with E-state index in [1.807, 2.05) is 44.2 Å². The molecule has 0 heterocycles. The fourth-order valence-electron chi connectivity index (χ4n) is 2.24. The van der Waals surface area contributed by atoms with Gasteiger partial charge in [0.2, 0.25) is 0 Å². The van der Waals surface area contributed by atoms with Gasteiger partial charge in [0.15, 0.2) is 5.17 Å². The lowest BCUT2D eigenvalue weighted by Gasteiger charge is -2.05. The van der Waals surface area contributed by atoms with E-state index in [1.165, 1.54) is 18.9 Å². The first-order valence-electron chi connectivity index (χ1n) is 7.20. The Morgan fingerprint density at radius 1 is 1.17 bits per heavy atom. The van der Waals surface area contributed by atoms with Crippen LogP contribution < -0.4 is 5.73 Å². The molecule has 0 unspecified atom stereocenters. The predicted molar refractivity (Wildman–Crippen MR) is 96.3 cm³/mol. The number of methoxy groups -OCH3 is 1. The highest BCUT2D eigenvalue weighted by Crippen LogP contribution is 2.20. The van der Waals surface area contributed by atoms with Crippen molar-refractivity contribution in [3.8, 4) is 0 Å². The highest BCUT2D eigenvalue weighted by Gasteiger charge is 2.06. The van der Waals surface area contributed by atoms with Crippen molar-refractivity contribution in [2.24, 2.45) is 10.7 Å². The molecule has 0 saturated heterocycles. The Balaban J connectivity index is 2.05. The topological polar surface area (TPSA) is 64.7 Å². The van der Waals surface area contributed by atoms with Crippen LogP contribution in [0.15, 0.2) is 47.5 Å². The smallest absolute Gasteiger partial charge is 0.337 e. The molecule has 0 amide bonds. The molecule has 5 heteroatoms. The van der Waals surface area contributed by atoms with Crippen LogP contribution in [0.3, 0.4) is 0 Å². The Labute approximate surface area is 140 Å². The van der Waals surface area contributed by atoms with E-state index in [0.29, 0.717) is 16.5 Å². The van der Waals surface area contributed by atoms with Crippen molar-refractivity contribution in [3.63, 3.8) is 0 Å². The molecule has 120 valence electrons. The van der Waals surface area contributed by atoms with Crippen molar-refractivity contribution in [1.29, 1.82) is 0 Å². The number of hydrogen-bond donors (Lipinski definition) is 1. The Hall–Kier alpha value is -2.27. The molecular weight excluding hydrogens is 308 g/mol. The zero-order chi connectivity index (χ0) is 16.8. The molecule has 0 radical (unpaired) electrons. The maximum atomic E-state index is 11.5. The van der Waals surface area contributed by atoms with Crippen LogP contribution in [0.1, 0.15) is 27.0 Å². The van der Waals surface area contributed by atoms with E-state index in [-0.39, 0.29) is 5.97 Å². The van der Waals surface area contributed by atoms with Crippen molar-refractivity contribution in [2.75, 3.05) is 7.11 Å². The maximum Gasteiger partial charge on any atom is 0.337 e. The van der Waals surface area contributed by atoms with Crippen LogP contribution in [0.5, 0.6) is 0 Å². The third-order valence-corrected chi connectivity index (χ3v) is 4.05. The molecule has 4 nitrogen and oxygen atoms in total. The van der Waals surface area contributed by atoms with Gasteiger partial charge in [-0.25, -0.2) is 9.79 Å². The molecule has 0 bridgehead atoms. The van der Waals surface area contributed by atoms with E-state index >= 15 is 0 Å². The standard InChI is InChI=1S/C18H20N2O2S/c1-12-7-13(2)9-16(8-12)20-18(19)23-11-14-5-4-6-15(10-14)17(21)22-3/h4-10H,11H2,1-3H3,(H2,19,20). The monoisotopic (exact) mass is 328 g/mol. The zero-order valence-corrected chi connectivity index (χ0v) is 14.3. The summed E-state index contributed by atoms with van der Waals surface area (Å²) in [6, 6.07) is 13.4. The molecule has 0 aromatic heterocycles. The second kappa shape index (κ2) is 7.83. The molecule has 2 N–H and O–H groups in total. The number of nitrogens with zero attached hydrogens (tertiary/aromatic N) is 1. The Morgan fingerprint density at radius 3 is 2.52 bits per heavy atom. The first-order chi connectivity index (χ1) is 11.0. The zero-order valence-electron chi connectivity index (χ0n) is 13.5. The van der Waals surface area contributed by atoms with E-state index in [2.05, 4.69) is 11.1 Å². The number of esters is 1. The molecule has 2 aromatic rings. The molecule has 0 aliphatic carbocycles. The molecule has 2 rings (SSSR count). The molecule has 0 aliphatic heterocycles. The summed E-state index contributed by atoms with van der Waals surface area (Å²) >= 11 is 1.44. The van der Waals surface area contributed by atoms with Gasteiger partial charge < -0.3 is 10.5 Å². The van der Waals surface area contributed by atoms with E-state index in [9.17, 15) is 4.79 Å². The number of carbonyl (C=O) groups excluding carboxylic acids is 1. The largest absolute Gasteiger partial charge is 0.465 e. The first kappa shape index (κ1) is 17.1. The van der Waals surface area contributed by atoms with Gasteiger partial charge in [-0.15, -0.1) is 0 Å². The summed E-state index contributed by atoms with van der Waals surface area (Å²) in [6.45, 7) is 4.07. The summed E-state index contributed by atoms with van der Waals surface area (Å²) in [4.78, 5) is 16.0. The van der Waals surface area contributed by atoms with Crippen molar-refractivity contribution >= 4 is 28.6 Å². The maximum absolute atomic E-state index is 11.5. The normalized spacial score (nSPS) is 11.3. The van der Waals surface area contributed by atoms with Gasteiger partial charge in [-0.05, 0) is 54.8 Å². The fourth-order valence-corrected chi connectivity index (χ4v) is 2.90. The number of aliphatic imine (C=N–C) groups is 1. The van der Waals surface area contributed by atoms with Gasteiger partial charge in [-0.3, -0.25) is 0 Å². The number of benzene rings is 2. The first-order valence-corrected chi connectivity index (χ1v) is 8.19. The minimum atomic E-state index is -0.339. The number of ether oxygens (including phenoxy) is 1. The Kier molecular flexibility index (Phi) is 5.82. The van der Waals surface area contributed by atoms with Crippen molar-refractivity contribution in [1.82, 2.24) is 0 Å². The molecular formula is C18H20N2O2S. The number of carbonyl (C=O) groups is 1. The van der Waals surface area contributed by atoms with Gasteiger partial charge in [0.1, 0.15) is 0 Å². The van der Waals surface area contributed by atoms with Crippen LogP contribution >= 0.6 is 11.8 Å². The minimum Gasteiger partial charge on any atom is -0.465 e. The van der Waals surface area contributed by atoms with Gasteiger partial charge in [0.25, 0.3) is 0 Å². The second-order valence-electron chi connectivity index (χ2n) is 5.28. The van der Waals surface area contributed by atoms with E-state index in [1.54, 1.807) is 6.07 Å². The number of thioether (sulfide) groups is 1. The average molecular weight is 328 g/mol. The fraction of sp³-hybridized carbons (Fsp3) is 0.222. The number of hydrogen-bond acceptors (Lipinski definition) is 4. The van der Waals surface area contributed by atoms with Crippen molar-refractivity contribution in [2.45, 2.75) is 19.6 Å². The highest BCUT2D eigenvalue weighted by molar-refractivity contribution is 8.13. The number of nitrogens with two attached hydrogens (primary N) is 1. The second-order valence-corrected chi connectivity index (χ2v) is 6.27. The summed E-state index contributed by atoms with van der Waals surface area (Å²) in [5.74, 6) is 0.305. The van der Waals surface area contributed by atoms with Crippen LogP contribution in [-0.2, 0) is 10.5 Å². The SMILES string of the molecule is COC(=O)c1cccc(CSC(N)=Nc2cc(C)cc(C)c2)c1. The summed E-state index contributed by atoms with van der Waals surface area (Å²) in [7, 11) is 1.37. The third-order valence-electron chi connectivity index (χ3n) is 3.18. The van der Waals surface area contributed by atoms with Gasteiger partial charge in [-0.1, -0.05) is 30.0 Å². The third kappa shape index (κ3) is 5.14. The van der Waals surface area contributed by atoms with E-state index in [4.69, 9.17) is 10.5 Å². The van der Waals surface area contributed by atoms with E-state index in [0.717, 1.165) is 22.4 Å². The van der Waals surface area contributed by atoms with Crippen LogP contribution in [0, 0.1) is 13.8 Å². The Bertz CT molecular complexity index is 721. The van der Waals surface area contributed by atoms with Crippen LogP contribution in [0.25, 0.3) is 0 Å². The van der Waals surface area contributed by atoms with Crippen LogP contribution in [0.2, 0.25) is 0 Å². The number of amidine groups is 1. The average Bonchev–Trinajstić information content (AvgIpc) is 2.51. The van der Waals surface area contributed by atoms with Crippen LogP contribution in [-0.4, -0.2) is 18.2 Å². The van der Waals surface area contributed by atoms with Gasteiger partial charge in [-0.2, -0.15) is 0 Å². The van der Waals surface area contributed by atoms with E-state index < -0.39 is 0 Å². The number of rotatable bonds is 4. The predicted octanol–water partition coefficient (Wildman–Crippen LogP) is 3.97. The lowest BCUT2D eigenvalue weighted by molar-refractivity contribution is 0.0600. The molecule has 23 heavy (non-hydrogen) atoms. The molecule has 0 spiro atoms. The molecule has 0 aliphatic rings. The van der Waals surface area contributed by atoms with Crippen molar-refractivity contribution in [3.05, 3.63) is 64.7 Å². The van der Waals surface area contributed by atoms with Crippen molar-refractivity contribution < 1.29 is 9.53 Å². The lowest BCUT2D eigenvalue weighted by Crippen LogP contribution is -2.06. The summed E-state index contributed by atoms with van der Waals surface area (Å²) < 4.78 is 4.72.